The molecule has 0 saturated carbocycles. The Bertz CT molecular complexity index is 540. The van der Waals surface area contributed by atoms with Gasteiger partial charge in [0.1, 0.15) is 5.82 Å². The molecule has 2 rings (SSSR count). The minimum atomic E-state index is -3.01. The number of hydrogen-bond donors (Lipinski definition) is 1. The number of nitrogens with zero attached hydrogens (tertiary/aromatic N) is 1. The number of aryl methyl sites for hydroxylation is 1. The van der Waals surface area contributed by atoms with Crippen LogP contribution in [0.2, 0.25) is 0 Å². The molecule has 0 aliphatic carbocycles. The summed E-state index contributed by atoms with van der Waals surface area (Å²) < 4.78 is 23.3. The second kappa shape index (κ2) is 4.18. The summed E-state index contributed by atoms with van der Waals surface area (Å²) >= 11 is 3.36. The summed E-state index contributed by atoms with van der Waals surface area (Å²) in [6.45, 7) is 1.96. The number of aromatic nitrogens is 1. The Kier molecular flexibility index (Phi) is 3.03. The highest BCUT2D eigenvalue weighted by Crippen LogP contribution is 2.19. The molecule has 0 saturated heterocycles. The Hall–Kier alpha value is -0.880. The highest BCUT2D eigenvalue weighted by Gasteiger charge is 2.21. The molecular weight excluding hydrogens is 292 g/mol. The van der Waals surface area contributed by atoms with Gasteiger partial charge in [0.25, 0.3) is 0 Å². The zero-order valence-electron chi connectivity index (χ0n) is 8.64. The summed E-state index contributed by atoms with van der Waals surface area (Å²) in [6.07, 6.45) is 3.35. The topological polar surface area (TPSA) is 59.1 Å². The molecule has 0 bridgehead atoms. The molecule has 0 aromatic carbocycles. The van der Waals surface area contributed by atoms with Crippen LogP contribution in [0.25, 0.3) is 0 Å². The fraction of sp³-hybridized carbons (Fsp3) is 0.300. The van der Waals surface area contributed by atoms with Gasteiger partial charge in [-0.15, -0.1) is 0 Å². The normalized spacial score (nSPS) is 22.2. The van der Waals surface area contributed by atoms with Crippen LogP contribution < -0.4 is 5.32 Å². The maximum atomic E-state index is 11.2. The third-order valence-electron chi connectivity index (χ3n) is 2.31. The van der Waals surface area contributed by atoms with Crippen molar-refractivity contribution in [2.45, 2.75) is 13.0 Å². The van der Waals surface area contributed by atoms with E-state index in [1.54, 1.807) is 12.3 Å². The molecule has 86 valence electrons. The van der Waals surface area contributed by atoms with Crippen molar-refractivity contribution in [1.29, 1.82) is 0 Å². The van der Waals surface area contributed by atoms with Crippen LogP contribution in [-0.4, -0.2) is 25.2 Å². The van der Waals surface area contributed by atoms with E-state index in [-0.39, 0.29) is 11.8 Å². The van der Waals surface area contributed by atoms with Gasteiger partial charge >= 0.3 is 0 Å². The average molecular weight is 303 g/mol. The van der Waals surface area contributed by atoms with Crippen molar-refractivity contribution in [3.8, 4) is 0 Å². The van der Waals surface area contributed by atoms with Crippen LogP contribution in [0.4, 0.5) is 5.82 Å². The van der Waals surface area contributed by atoms with E-state index in [9.17, 15) is 8.42 Å². The SMILES string of the molecule is Cc1cc(NC2C=CS(=O)(=O)C2)ncc1Br. The van der Waals surface area contributed by atoms with Crippen molar-refractivity contribution in [2.75, 3.05) is 11.1 Å². The van der Waals surface area contributed by atoms with E-state index in [1.807, 2.05) is 13.0 Å². The summed E-state index contributed by atoms with van der Waals surface area (Å²) in [5, 5.41) is 4.31. The number of rotatable bonds is 2. The van der Waals surface area contributed by atoms with Gasteiger partial charge in [0.2, 0.25) is 0 Å². The summed E-state index contributed by atoms with van der Waals surface area (Å²) in [5.74, 6) is 0.788. The average Bonchev–Trinajstić information content (AvgIpc) is 2.52. The van der Waals surface area contributed by atoms with Gasteiger partial charge in [0.05, 0.1) is 11.8 Å². The second-order valence-electron chi connectivity index (χ2n) is 3.73. The van der Waals surface area contributed by atoms with Gasteiger partial charge < -0.3 is 5.32 Å². The van der Waals surface area contributed by atoms with Crippen LogP contribution in [0.15, 0.2) is 28.2 Å². The van der Waals surface area contributed by atoms with E-state index in [0.29, 0.717) is 5.82 Å². The van der Waals surface area contributed by atoms with Crippen LogP contribution in [0.3, 0.4) is 0 Å². The molecule has 1 unspecified atom stereocenters. The highest BCUT2D eigenvalue weighted by molar-refractivity contribution is 9.10. The summed E-state index contributed by atoms with van der Waals surface area (Å²) in [7, 11) is -3.01. The number of nitrogens with one attached hydrogen (secondary N) is 1. The molecule has 1 aromatic rings. The molecule has 1 aliphatic heterocycles. The lowest BCUT2D eigenvalue weighted by Gasteiger charge is -2.11. The van der Waals surface area contributed by atoms with Crippen LogP contribution in [-0.2, 0) is 9.84 Å². The Morgan fingerprint density at radius 2 is 2.31 bits per heavy atom. The molecule has 2 heterocycles. The lowest BCUT2D eigenvalue weighted by Crippen LogP contribution is -2.21. The Morgan fingerprint density at radius 3 is 2.88 bits per heavy atom. The van der Waals surface area contributed by atoms with Crippen LogP contribution in [0.1, 0.15) is 5.56 Å². The van der Waals surface area contributed by atoms with Gasteiger partial charge in [0, 0.05) is 16.1 Å². The van der Waals surface area contributed by atoms with E-state index in [0.717, 1.165) is 10.0 Å². The van der Waals surface area contributed by atoms with Crippen LogP contribution in [0.5, 0.6) is 0 Å². The van der Waals surface area contributed by atoms with Crippen molar-refractivity contribution in [3.05, 3.63) is 33.8 Å². The number of pyridine rings is 1. The van der Waals surface area contributed by atoms with Gasteiger partial charge in [-0.05, 0) is 40.6 Å². The molecule has 1 aromatic heterocycles. The fourth-order valence-electron chi connectivity index (χ4n) is 1.47. The second-order valence-corrected chi connectivity index (χ2v) is 6.51. The van der Waals surface area contributed by atoms with Crippen LogP contribution in [0, 0.1) is 6.92 Å². The standard InChI is InChI=1S/C10H11BrN2O2S/c1-7-4-10(12-5-9(7)11)13-8-2-3-16(14,15)6-8/h2-5,8H,6H2,1H3,(H,12,13). The molecule has 16 heavy (non-hydrogen) atoms. The van der Waals surface area contributed by atoms with Crippen molar-refractivity contribution in [3.63, 3.8) is 0 Å². The maximum Gasteiger partial charge on any atom is 0.173 e. The molecule has 0 spiro atoms. The third-order valence-corrected chi connectivity index (χ3v) is 4.54. The lowest BCUT2D eigenvalue weighted by atomic mass is 10.3. The van der Waals surface area contributed by atoms with Gasteiger partial charge in [-0.1, -0.05) is 0 Å². The predicted molar refractivity (Wildman–Crippen MR) is 67.0 cm³/mol. The van der Waals surface area contributed by atoms with E-state index in [1.165, 1.54) is 5.41 Å². The van der Waals surface area contributed by atoms with Crippen molar-refractivity contribution >= 4 is 31.6 Å². The molecular formula is C10H11BrN2O2S. The van der Waals surface area contributed by atoms with Gasteiger partial charge in [0.15, 0.2) is 9.84 Å². The first-order valence-electron chi connectivity index (χ1n) is 4.76. The monoisotopic (exact) mass is 302 g/mol. The molecule has 1 aliphatic rings. The quantitative estimate of drug-likeness (QED) is 0.906. The number of halogens is 1. The predicted octanol–water partition coefficient (Wildman–Crippen LogP) is 1.88. The molecule has 0 amide bonds. The number of anilines is 1. The smallest absolute Gasteiger partial charge is 0.173 e. The lowest BCUT2D eigenvalue weighted by molar-refractivity contribution is 0.605. The first-order chi connectivity index (χ1) is 7.46. The van der Waals surface area contributed by atoms with E-state index in [2.05, 4.69) is 26.2 Å². The minimum Gasteiger partial charge on any atom is -0.363 e. The van der Waals surface area contributed by atoms with Crippen molar-refractivity contribution in [2.24, 2.45) is 0 Å². The molecule has 1 N–H and O–H groups in total. The Balaban J connectivity index is 2.11. The zero-order chi connectivity index (χ0) is 11.8. The Labute approximate surface area is 103 Å². The third kappa shape index (κ3) is 2.62. The first kappa shape index (κ1) is 11.6. The first-order valence-corrected chi connectivity index (χ1v) is 7.27. The van der Waals surface area contributed by atoms with Crippen molar-refractivity contribution < 1.29 is 8.42 Å². The molecule has 0 fully saturated rings. The van der Waals surface area contributed by atoms with Gasteiger partial charge in [-0.3, -0.25) is 0 Å². The summed E-state index contributed by atoms with van der Waals surface area (Å²) in [5.41, 5.74) is 1.06. The molecule has 1 atom stereocenters. The molecule has 6 heteroatoms. The maximum absolute atomic E-state index is 11.2. The number of hydrogen-bond acceptors (Lipinski definition) is 4. The van der Waals surface area contributed by atoms with Crippen molar-refractivity contribution in [1.82, 2.24) is 4.98 Å². The summed E-state index contributed by atoms with van der Waals surface area (Å²) in [4.78, 5) is 4.16. The highest BCUT2D eigenvalue weighted by atomic mass is 79.9. The zero-order valence-corrected chi connectivity index (χ0v) is 11.0. The van der Waals surface area contributed by atoms with E-state index in [4.69, 9.17) is 0 Å². The number of sulfone groups is 1. The van der Waals surface area contributed by atoms with Gasteiger partial charge in [-0.2, -0.15) is 0 Å². The van der Waals surface area contributed by atoms with E-state index < -0.39 is 9.84 Å². The molecule has 0 radical (unpaired) electrons. The fourth-order valence-corrected chi connectivity index (χ4v) is 2.93. The minimum absolute atomic E-state index is 0.101. The molecule has 4 nitrogen and oxygen atoms in total. The summed E-state index contributed by atoms with van der Waals surface area (Å²) in [6, 6.07) is 1.70. The van der Waals surface area contributed by atoms with Crippen LogP contribution >= 0.6 is 15.9 Å². The van der Waals surface area contributed by atoms with E-state index >= 15 is 0 Å². The Morgan fingerprint density at radius 1 is 1.56 bits per heavy atom. The van der Waals surface area contributed by atoms with Gasteiger partial charge in [-0.25, -0.2) is 13.4 Å². The largest absolute Gasteiger partial charge is 0.363 e.